The van der Waals surface area contributed by atoms with E-state index in [0.29, 0.717) is 17.8 Å². The van der Waals surface area contributed by atoms with E-state index in [1.54, 1.807) is 17.8 Å². The number of aromatic amines is 1. The smallest absolute Gasteiger partial charge is 0.331 e. The van der Waals surface area contributed by atoms with Crippen molar-refractivity contribution in [2.45, 2.75) is 32.7 Å². The fourth-order valence-electron chi connectivity index (χ4n) is 2.49. The van der Waals surface area contributed by atoms with Crippen LogP contribution in [0.5, 0.6) is 0 Å². The summed E-state index contributed by atoms with van der Waals surface area (Å²) in [6.07, 6.45) is 0.659. The van der Waals surface area contributed by atoms with E-state index in [1.807, 2.05) is 6.92 Å². The lowest BCUT2D eigenvalue weighted by Crippen LogP contribution is -2.36. The van der Waals surface area contributed by atoms with Gasteiger partial charge < -0.3 is 14.9 Å². The van der Waals surface area contributed by atoms with Crippen molar-refractivity contribution in [3.8, 4) is 11.3 Å². The Balaban J connectivity index is 2.06. The van der Waals surface area contributed by atoms with Gasteiger partial charge in [0.15, 0.2) is 0 Å². The molecule has 1 aliphatic heterocycles. The van der Waals surface area contributed by atoms with E-state index in [1.165, 1.54) is 6.20 Å². The monoisotopic (exact) mass is 335 g/mol. The zero-order valence-electron chi connectivity index (χ0n) is 13.1. The molecular formula is C14H17N5O5. The molecule has 3 rings (SSSR count). The summed E-state index contributed by atoms with van der Waals surface area (Å²) >= 11 is 0. The van der Waals surface area contributed by atoms with Gasteiger partial charge in [-0.05, 0) is 13.8 Å². The average molecular weight is 335 g/mol. The molecule has 2 aromatic heterocycles. The third kappa shape index (κ3) is 2.55. The highest BCUT2D eigenvalue weighted by Gasteiger charge is 2.35. The highest BCUT2D eigenvalue weighted by molar-refractivity contribution is 5.54. The van der Waals surface area contributed by atoms with Crippen molar-refractivity contribution in [3.05, 3.63) is 44.6 Å². The molecule has 0 saturated heterocycles. The summed E-state index contributed by atoms with van der Waals surface area (Å²) in [7, 11) is 0. The second kappa shape index (κ2) is 6.06. The van der Waals surface area contributed by atoms with Gasteiger partial charge in [0.05, 0.1) is 11.8 Å². The highest BCUT2D eigenvalue weighted by Crippen LogP contribution is 2.31. The molecule has 10 nitrogen and oxygen atoms in total. The van der Waals surface area contributed by atoms with Gasteiger partial charge in [-0.25, -0.2) is 4.79 Å². The Hall–Kier alpha value is -2.72. The van der Waals surface area contributed by atoms with Crippen LogP contribution >= 0.6 is 0 Å². The molecule has 0 bridgehead atoms. The maximum atomic E-state index is 12.1. The molecule has 0 aromatic carbocycles. The minimum Gasteiger partial charge on any atom is -0.469 e. The summed E-state index contributed by atoms with van der Waals surface area (Å²) in [5, 5.41) is 27.2. The number of H-pyrrole nitrogens is 1. The SMILES string of the molecule is CCn1cc(-c2cn([C@@H]3OC(CO)=C(C)C3O)c(=O)[nH]c2=O)nn1. The van der Waals surface area contributed by atoms with Crippen molar-refractivity contribution >= 4 is 0 Å². The number of hydrogen-bond acceptors (Lipinski definition) is 7. The normalized spacial score (nSPS) is 20.5. The van der Waals surface area contributed by atoms with Crippen LogP contribution in [-0.4, -0.2) is 47.5 Å². The van der Waals surface area contributed by atoms with E-state index in [0.717, 1.165) is 4.57 Å². The number of ether oxygens (including phenoxy) is 1. The van der Waals surface area contributed by atoms with Gasteiger partial charge in [-0.15, -0.1) is 5.10 Å². The van der Waals surface area contributed by atoms with E-state index < -0.39 is 30.2 Å². The first kappa shape index (κ1) is 16.1. The first-order valence-corrected chi connectivity index (χ1v) is 7.37. The van der Waals surface area contributed by atoms with Gasteiger partial charge in [-0.3, -0.25) is 19.0 Å². The van der Waals surface area contributed by atoms with Crippen LogP contribution in [0.3, 0.4) is 0 Å². The van der Waals surface area contributed by atoms with Crippen LogP contribution in [0.4, 0.5) is 0 Å². The van der Waals surface area contributed by atoms with Crippen LogP contribution in [0.15, 0.2) is 33.3 Å². The Morgan fingerprint density at radius 1 is 1.38 bits per heavy atom. The number of aliphatic hydroxyl groups is 2. The van der Waals surface area contributed by atoms with E-state index in [-0.39, 0.29) is 11.3 Å². The summed E-state index contributed by atoms with van der Waals surface area (Å²) < 4.78 is 8.05. The Bertz CT molecular complexity index is 909. The standard InChI is InChI=1S/C14H17N5O5/c1-3-18-5-9(16-17-18)8-4-19(14(23)15-12(8)22)13-11(21)7(2)10(6-20)24-13/h4-5,11,13,20-21H,3,6H2,1-2H3,(H,15,22,23)/t11?,13-/m1/s1. The van der Waals surface area contributed by atoms with Crippen molar-refractivity contribution in [3.63, 3.8) is 0 Å². The van der Waals surface area contributed by atoms with Crippen molar-refractivity contribution in [2.24, 2.45) is 0 Å². The number of aryl methyl sites for hydroxylation is 1. The Kier molecular flexibility index (Phi) is 4.08. The molecule has 0 aliphatic carbocycles. The molecular weight excluding hydrogens is 318 g/mol. The third-order valence-electron chi connectivity index (χ3n) is 3.94. The fraction of sp³-hybridized carbons (Fsp3) is 0.429. The van der Waals surface area contributed by atoms with E-state index in [9.17, 15) is 19.8 Å². The minimum absolute atomic E-state index is 0.125. The average Bonchev–Trinajstić information content (AvgIpc) is 3.14. The van der Waals surface area contributed by atoms with Crippen LogP contribution in [0, 0.1) is 0 Å². The second-order valence-electron chi connectivity index (χ2n) is 5.39. The Morgan fingerprint density at radius 3 is 2.71 bits per heavy atom. The van der Waals surface area contributed by atoms with Gasteiger partial charge in [-0.2, -0.15) is 0 Å². The van der Waals surface area contributed by atoms with E-state index in [2.05, 4.69) is 15.3 Å². The van der Waals surface area contributed by atoms with Crippen LogP contribution in [0.1, 0.15) is 20.1 Å². The number of nitrogens with zero attached hydrogens (tertiary/aromatic N) is 4. The topological polar surface area (TPSA) is 135 Å². The second-order valence-corrected chi connectivity index (χ2v) is 5.39. The molecule has 0 spiro atoms. The van der Waals surface area contributed by atoms with Crippen LogP contribution < -0.4 is 11.2 Å². The zero-order chi connectivity index (χ0) is 17.4. The fourth-order valence-corrected chi connectivity index (χ4v) is 2.49. The molecule has 1 aliphatic rings. The first-order valence-electron chi connectivity index (χ1n) is 7.37. The molecule has 10 heteroatoms. The Labute approximate surface area is 135 Å². The van der Waals surface area contributed by atoms with Gasteiger partial charge >= 0.3 is 5.69 Å². The molecule has 2 atom stereocenters. The highest BCUT2D eigenvalue weighted by atomic mass is 16.5. The first-order chi connectivity index (χ1) is 11.5. The molecule has 0 amide bonds. The quantitative estimate of drug-likeness (QED) is 0.650. The number of rotatable bonds is 4. The van der Waals surface area contributed by atoms with Crippen molar-refractivity contribution in [2.75, 3.05) is 6.61 Å². The molecule has 24 heavy (non-hydrogen) atoms. The van der Waals surface area contributed by atoms with Gasteiger partial charge in [0.25, 0.3) is 5.56 Å². The van der Waals surface area contributed by atoms with Gasteiger partial charge in [0.1, 0.15) is 24.2 Å². The minimum atomic E-state index is -1.12. The summed E-state index contributed by atoms with van der Waals surface area (Å²) in [4.78, 5) is 26.4. The van der Waals surface area contributed by atoms with Crippen LogP contribution in [0.2, 0.25) is 0 Å². The lowest BCUT2D eigenvalue weighted by Gasteiger charge is -2.18. The van der Waals surface area contributed by atoms with Gasteiger partial charge in [-0.1, -0.05) is 5.21 Å². The van der Waals surface area contributed by atoms with Crippen molar-refractivity contribution in [1.82, 2.24) is 24.5 Å². The molecule has 0 radical (unpaired) electrons. The number of nitrogens with one attached hydrogen (secondary N) is 1. The number of aromatic nitrogens is 5. The largest absolute Gasteiger partial charge is 0.469 e. The van der Waals surface area contributed by atoms with E-state index >= 15 is 0 Å². The summed E-state index contributed by atoms with van der Waals surface area (Å²) in [5.41, 5.74) is -0.493. The van der Waals surface area contributed by atoms with E-state index in [4.69, 9.17) is 4.74 Å². The number of aliphatic hydroxyl groups excluding tert-OH is 2. The molecule has 1 unspecified atom stereocenters. The van der Waals surface area contributed by atoms with Gasteiger partial charge in [0, 0.05) is 18.3 Å². The van der Waals surface area contributed by atoms with Gasteiger partial charge in [0.2, 0.25) is 6.23 Å². The predicted molar refractivity (Wildman–Crippen MR) is 81.9 cm³/mol. The van der Waals surface area contributed by atoms with Crippen molar-refractivity contribution < 1.29 is 14.9 Å². The molecule has 3 N–H and O–H groups in total. The zero-order valence-corrected chi connectivity index (χ0v) is 13.1. The summed E-state index contributed by atoms with van der Waals surface area (Å²) in [5.74, 6) is 0.198. The van der Waals surface area contributed by atoms with Crippen molar-refractivity contribution in [1.29, 1.82) is 0 Å². The number of hydrogen-bond donors (Lipinski definition) is 3. The molecule has 3 heterocycles. The molecule has 2 aromatic rings. The Morgan fingerprint density at radius 2 is 2.12 bits per heavy atom. The van der Waals surface area contributed by atoms with Crippen LogP contribution in [0.25, 0.3) is 11.3 Å². The summed E-state index contributed by atoms with van der Waals surface area (Å²) in [6.45, 7) is 3.66. The maximum absolute atomic E-state index is 12.1. The molecule has 0 saturated carbocycles. The molecule has 0 fully saturated rings. The molecule has 128 valence electrons. The van der Waals surface area contributed by atoms with Crippen LogP contribution in [-0.2, 0) is 11.3 Å². The predicted octanol–water partition coefficient (Wildman–Crippen LogP) is -1.03. The summed E-state index contributed by atoms with van der Waals surface area (Å²) in [6, 6.07) is 0. The third-order valence-corrected chi connectivity index (χ3v) is 3.94. The lowest BCUT2D eigenvalue weighted by molar-refractivity contribution is -0.0118. The lowest BCUT2D eigenvalue weighted by atomic mass is 10.1. The maximum Gasteiger partial charge on any atom is 0.331 e.